The van der Waals surface area contributed by atoms with E-state index in [9.17, 15) is 9.59 Å². The minimum absolute atomic E-state index is 0.145. The molecule has 3 rings (SSSR count). The van der Waals surface area contributed by atoms with Crippen LogP contribution >= 0.6 is 0 Å². The molecule has 0 bridgehead atoms. The van der Waals surface area contributed by atoms with Crippen LogP contribution in [0.1, 0.15) is 50.5 Å². The molecule has 0 aromatic heterocycles. The lowest BCUT2D eigenvalue weighted by molar-refractivity contribution is -0.137. The fourth-order valence-corrected chi connectivity index (χ4v) is 3.66. The topological polar surface area (TPSA) is 76.7 Å². The summed E-state index contributed by atoms with van der Waals surface area (Å²) in [5, 5.41) is 5.87. The Morgan fingerprint density at radius 1 is 1.04 bits per heavy atom. The average Bonchev–Trinajstić information content (AvgIpc) is 3.54. The number of carbonyl (C=O) groups is 2. The number of amides is 2. The van der Waals surface area contributed by atoms with Crippen LogP contribution in [0.2, 0.25) is 0 Å². The van der Waals surface area contributed by atoms with Gasteiger partial charge < -0.3 is 20.1 Å². The van der Waals surface area contributed by atoms with E-state index in [1.807, 2.05) is 12.1 Å². The first-order valence-corrected chi connectivity index (χ1v) is 10.0. The Morgan fingerprint density at radius 3 is 2.43 bits per heavy atom. The van der Waals surface area contributed by atoms with Gasteiger partial charge in [-0.15, -0.1) is 0 Å². The lowest BCUT2D eigenvalue weighted by Crippen LogP contribution is -2.43. The predicted molar refractivity (Wildman–Crippen MR) is 107 cm³/mol. The summed E-state index contributed by atoms with van der Waals surface area (Å²) in [7, 11) is 3.16. The lowest BCUT2D eigenvalue weighted by Gasteiger charge is -2.17. The van der Waals surface area contributed by atoms with Crippen molar-refractivity contribution in [2.75, 3.05) is 20.8 Å². The number of benzene rings is 1. The lowest BCUT2D eigenvalue weighted by atomic mass is 9.97. The zero-order chi connectivity index (χ0) is 20.0. The number of methoxy groups -OCH3 is 2. The molecular formula is C22H30N2O4. The van der Waals surface area contributed by atoms with E-state index in [0.29, 0.717) is 37.4 Å². The van der Waals surface area contributed by atoms with Crippen molar-refractivity contribution in [1.29, 1.82) is 0 Å². The molecule has 0 radical (unpaired) electrons. The predicted octanol–water partition coefficient (Wildman–Crippen LogP) is 3.11. The van der Waals surface area contributed by atoms with Crippen LogP contribution in [-0.2, 0) is 16.1 Å². The van der Waals surface area contributed by atoms with Crippen molar-refractivity contribution in [3.63, 3.8) is 0 Å². The zero-order valence-corrected chi connectivity index (χ0v) is 16.8. The van der Waals surface area contributed by atoms with E-state index in [1.165, 1.54) is 18.4 Å². The van der Waals surface area contributed by atoms with Gasteiger partial charge in [0.05, 0.1) is 14.2 Å². The second-order valence-corrected chi connectivity index (χ2v) is 7.57. The molecule has 1 fully saturated rings. The third-order valence-corrected chi connectivity index (χ3v) is 5.64. The molecule has 6 nitrogen and oxygen atoms in total. The van der Waals surface area contributed by atoms with Crippen LogP contribution in [0.25, 0.3) is 0 Å². The minimum atomic E-state index is -0.891. The summed E-state index contributed by atoms with van der Waals surface area (Å²) in [6, 6.07) is 5.51. The number of hydrogen-bond donors (Lipinski definition) is 2. The monoisotopic (exact) mass is 386 g/mol. The van der Waals surface area contributed by atoms with Gasteiger partial charge in [0.2, 0.25) is 11.8 Å². The minimum Gasteiger partial charge on any atom is -0.493 e. The van der Waals surface area contributed by atoms with Crippen molar-refractivity contribution in [3.8, 4) is 11.5 Å². The second kappa shape index (κ2) is 9.13. The van der Waals surface area contributed by atoms with E-state index in [-0.39, 0.29) is 11.8 Å². The summed E-state index contributed by atoms with van der Waals surface area (Å²) < 4.78 is 10.5. The van der Waals surface area contributed by atoms with Crippen LogP contribution in [0, 0.1) is 5.41 Å². The van der Waals surface area contributed by atoms with Crippen molar-refractivity contribution in [3.05, 3.63) is 35.4 Å². The third-order valence-electron chi connectivity index (χ3n) is 5.64. The highest BCUT2D eigenvalue weighted by molar-refractivity contribution is 6.07. The number of rotatable bonds is 9. The number of allylic oxidation sites excluding steroid dienone is 1. The zero-order valence-electron chi connectivity index (χ0n) is 16.8. The molecule has 2 aliphatic rings. The molecule has 0 saturated heterocycles. The molecule has 2 aliphatic carbocycles. The van der Waals surface area contributed by atoms with Gasteiger partial charge in [0.1, 0.15) is 5.41 Å². The number of nitrogens with one attached hydrogen (secondary N) is 2. The van der Waals surface area contributed by atoms with Crippen LogP contribution < -0.4 is 20.1 Å². The number of ether oxygens (including phenoxy) is 2. The number of hydrogen-bond acceptors (Lipinski definition) is 4. The Kier molecular flexibility index (Phi) is 6.60. The fourth-order valence-electron chi connectivity index (χ4n) is 3.66. The van der Waals surface area contributed by atoms with E-state index >= 15 is 0 Å². The Bertz CT molecular complexity index is 753. The van der Waals surface area contributed by atoms with E-state index in [4.69, 9.17) is 9.47 Å². The van der Waals surface area contributed by atoms with Crippen LogP contribution in [0.3, 0.4) is 0 Å². The Morgan fingerprint density at radius 2 is 1.79 bits per heavy atom. The summed E-state index contributed by atoms with van der Waals surface area (Å²) in [6.07, 6.45) is 9.17. The van der Waals surface area contributed by atoms with Gasteiger partial charge in [0.25, 0.3) is 0 Å². The first-order valence-electron chi connectivity index (χ1n) is 10.0. The van der Waals surface area contributed by atoms with Gasteiger partial charge in [-0.1, -0.05) is 17.7 Å². The molecule has 0 aliphatic heterocycles. The largest absolute Gasteiger partial charge is 0.493 e. The molecule has 152 valence electrons. The van der Waals surface area contributed by atoms with E-state index in [2.05, 4.69) is 16.7 Å². The Balaban J connectivity index is 1.49. The maximum absolute atomic E-state index is 12.6. The Hall–Kier alpha value is -2.50. The van der Waals surface area contributed by atoms with Crippen LogP contribution in [0.5, 0.6) is 11.5 Å². The SMILES string of the molecule is COc1ccc(CNC(=O)C2(C(=O)NCCC3=CCCCC3)CC2)cc1OC. The first-order chi connectivity index (χ1) is 13.6. The highest BCUT2D eigenvalue weighted by Gasteiger charge is 2.56. The molecule has 1 saturated carbocycles. The maximum atomic E-state index is 12.6. The van der Waals surface area contributed by atoms with Crippen molar-refractivity contribution >= 4 is 11.8 Å². The standard InChI is InChI=1S/C22H30N2O4/c1-27-18-9-8-17(14-19(18)28-2)15-24-21(26)22(11-12-22)20(25)23-13-10-16-6-4-3-5-7-16/h6,8-9,14H,3-5,7,10-13,15H2,1-2H3,(H,23,25)(H,24,26). The number of carbonyl (C=O) groups excluding carboxylic acids is 2. The highest BCUT2D eigenvalue weighted by Crippen LogP contribution is 2.46. The summed E-state index contributed by atoms with van der Waals surface area (Å²) in [4.78, 5) is 25.2. The van der Waals surface area contributed by atoms with Crippen molar-refractivity contribution in [2.24, 2.45) is 5.41 Å². The van der Waals surface area contributed by atoms with Crippen LogP contribution in [-0.4, -0.2) is 32.6 Å². The maximum Gasteiger partial charge on any atom is 0.235 e. The molecule has 0 spiro atoms. The van der Waals surface area contributed by atoms with E-state index in [0.717, 1.165) is 24.8 Å². The fraction of sp³-hybridized carbons (Fsp3) is 0.545. The molecular weight excluding hydrogens is 356 g/mol. The van der Waals surface area contributed by atoms with Gasteiger partial charge in [-0.05, 0) is 62.6 Å². The highest BCUT2D eigenvalue weighted by atomic mass is 16.5. The normalized spacial score (nSPS) is 17.3. The van der Waals surface area contributed by atoms with Gasteiger partial charge in [-0.3, -0.25) is 9.59 Å². The van der Waals surface area contributed by atoms with E-state index in [1.54, 1.807) is 20.3 Å². The van der Waals surface area contributed by atoms with Crippen molar-refractivity contribution in [2.45, 2.75) is 51.5 Å². The molecule has 28 heavy (non-hydrogen) atoms. The van der Waals surface area contributed by atoms with Gasteiger partial charge in [0, 0.05) is 13.1 Å². The molecule has 2 N–H and O–H groups in total. The molecule has 1 aromatic rings. The molecule has 0 heterocycles. The second-order valence-electron chi connectivity index (χ2n) is 7.57. The molecule has 1 aromatic carbocycles. The van der Waals surface area contributed by atoms with Crippen LogP contribution in [0.4, 0.5) is 0 Å². The molecule has 6 heteroatoms. The van der Waals surface area contributed by atoms with Gasteiger partial charge >= 0.3 is 0 Å². The molecule has 0 atom stereocenters. The van der Waals surface area contributed by atoms with Crippen molar-refractivity contribution < 1.29 is 19.1 Å². The summed E-state index contributed by atoms with van der Waals surface area (Å²) in [5.74, 6) is 0.916. The Labute approximate surface area is 166 Å². The van der Waals surface area contributed by atoms with Crippen LogP contribution in [0.15, 0.2) is 29.8 Å². The third kappa shape index (κ3) is 4.66. The van der Waals surface area contributed by atoms with Gasteiger partial charge in [-0.2, -0.15) is 0 Å². The summed E-state index contributed by atoms with van der Waals surface area (Å²) in [5.41, 5.74) is 1.43. The van der Waals surface area contributed by atoms with Crippen molar-refractivity contribution in [1.82, 2.24) is 10.6 Å². The van der Waals surface area contributed by atoms with Gasteiger partial charge in [-0.25, -0.2) is 0 Å². The summed E-state index contributed by atoms with van der Waals surface area (Å²) >= 11 is 0. The smallest absolute Gasteiger partial charge is 0.235 e. The van der Waals surface area contributed by atoms with E-state index < -0.39 is 5.41 Å². The molecule has 2 amide bonds. The first kappa shape index (κ1) is 20.2. The summed E-state index contributed by atoms with van der Waals surface area (Å²) in [6.45, 7) is 0.955. The molecule has 0 unspecified atom stereocenters. The average molecular weight is 386 g/mol. The quantitative estimate of drug-likeness (QED) is 0.505. The van der Waals surface area contributed by atoms with Gasteiger partial charge in [0.15, 0.2) is 11.5 Å².